The molecule has 0 saturated heterocycles. The summed E-state index contributed by atoms with van der Waals surface area (Å²) in [4.78, 5) is 0. The molecule has 0 spiro atoms. The van der Waals surface area contributed by atoms with Crippen LogP contribution in [0, 0.1) is 0 Å². The monoisotopic (exact) mass is 242 g/mol. The lowest BCUT2D eigenvalue weighted by Gasteiger charge is -2.24. The van der Waals surface area contributed by atoms with Crippen molar-refractivity contribution in [1.82, 2.24) is 5.32 Å². The summed E-state index contributed by atoms with van der Waals surface area (Å²) in [5.74, 6) is 0. The molecule has 0 aliphatic heterocycles. The van der Waals surface area contributed by atoms with E-state index in [4.69, 9.17) is 5.73 Å². The topological polar surface area (TPSA) is 38.0 Å². The van der Waals surface area contributed by atoms with E-state index in [9.17, 15) is 0 Å². The van der Waals surface area contributed by atoms with E-state index in [1.807, 2.05) is 0 Å². The lowest BCUT2D eigenvalue weighted by molar-refractivity contribution is 0.402. The molecule has 0 heterocycles. The molecule has 0 fully saturated rings. The molecule has 2 heteroatoms. The maximum atomic E-state index is 5.71. The van der Waals surface area contributed by atoms with Gasteiger partial charge >= 0.3 is 0 Å². The van der Waals surface area contributed by atoms with Gasteiger partial charge in [0.15, 0.2) is 0 Å². The second-order valence-corrected chi connectivity index (χ2v) is 5.40. The van der Waals surface area contributed by atoms with Crippen molar-refractivity contribution in [2.75, 3.05) is 13.1 Å². The van der Waals surface area contributed by atoms with Crippen LogP contribution < -0.4 is 11.1 Å². The second-order valence-electron chi connectivity index (χ2n) is 5.40. The van der Waals surface area contributed by atoms with Gasteiger partial charge in [-0.2, -0.15) is 0 Å². The van der Waals surface area contributed by atoms with E-state index in [1.54, 1.807) is 0 Å². The van der Waals surface area contributed by atoms with Crippen LogP contribution in [0.4, 0.5) is 0 Å². The highest BCUT2D eigenvalue weighted by molar-refractivity contribution is 5.85. The average molecular weight is 242 g/mol. The standard InChI is InChI=1S/C16H22N2/c1-16(2,12-17)18-11-10-14-8-5-7-13-6-3-4-9-15(13)14/h3-9,18H,10-12,17H2,1-2H3. The van der Waals surface area contributed by atoms with E-state index in [-0.39, 0.29) is 5.54 Å². The summed E-state index contributed by atoms with van der Waals surface area (Å²) >= 11 is 0. The number of hydrogen-bond acceptors (Lipinski definition) is 2. The van der Waals surface area contributed by atoms with Crippen LogP contribution in [0.5, 0.6) is 0 Å². The molecular formula is C16H22N2. The minimum absolute atomic E-state index is 0.0184. The van der Waals surface area contributed by atoms with Crippen molar-refractivity contribution in [3.63, 3.8) is 0 Å². The second kappa shape index (κ2) is 5.51. The Morgan fingerprint density at radius 2 is 1.78 bits per heavy atom. The van der Waals surface area contributed by atoms with Crippen LogP contribution in [0.2, 0.25) is 0 Å². The number of nitrogens with one attached hydrogen (secondary N) is 1. The van der Waals surface area contributed by atoms with Crippen LogP contribution in [0.15, 0.2) is 42.5 Å². The Balaban J connectivity index is 2.08. The fourth-order valence-corrected chi connectivity index (χ4v) is 2.12. The van der Waals surface area contributed by atoms with Crippen LogP contribution in [-0.2, 0) is 6.42 Å². The lowest BCUT2D eigenvalue weighted by Crippen LogP contribution is -2.46. The van der Waals surface area contributed by atoms with Crippen molar-refractivity contribution < 1.29 is 0 Å². The van der Waals surface area contributed by atoms with Crippen LogP contribution >= 0.6 is 0 Å². The summed E-state index contributed by atoms with van der Waals surface area (Å²) in [6.07, 6.45) is 1.03. The molecule has 0 aliphatic carbocycles. The molecule has 0 atom stereocenters. The molecule has 3 N–H and O–H groups in total. The van der Waals surface area contributed by atoms with Crippen molar-refractivity contribution in [2.45, 2.75) is 25.8 Å². The third kappa shape index (κ3) is 3.09. The summed E-state index contributed by atoms with van der Waals surface area (Å²) in [5, 5.41) is 6.16. The molecule has 96 valence electrons. The maximum absolute atomic E-state index is 5.71. The molecule has 2 aromatic carbocycles. The van der Waals surface area contributed by atoms with E-state index >= 15 is 0 Å². The van der Waals surface area contributed by atoms with Crippen LogP contribution in [0.25, 0.3) is 10.8 Å². The Hall–Kier alpha value is -1.38. The minimum atomic E-state index is 0.0184. The van der Waals surface area contributed by atoms with E-state index in [0.29, 0.717) is 6.54 Å². The SMILES string of the molecule is CC(C)(CN)NCCc1cccc2ccccc12. The molecule has 0 unspecified atom stereocenters. The highest BCUT2D eigenvalue weighted by atomic mass is 15.0. The first-order chi connectivity index (χ1) is 8.62. The van der Waals surface area contributed by atoms with Crippen molar-refractivity contribution in [1.29, 1.82) is 0 Å². The highest BCUT2D eigenvalue weighted by Gasteiger charge is 2.13. The smallest absolute Gasteiger partial charge is 0.0247 e. The third-order valence-corrected chi connectivity index (χ3v) is 3.39. The summed E-state index contributed by atoms with van der Waals surface area (Å²) in [6, 6.07) is 15.0. The van der Waals surface area contributed by atoms with Gasteiger partial charge in [0, 0.05) is 12.1 Å². The van der Waals surface area contributed by atoms with Crippen molar-refractivity contribution in [3.05, 3.63) is 48.0 Å². The van der Waals surface area contributed by atoms with Crippen LogP contribution in [0.1, 0.15) is 19.4 Å². The maximum Gasteiger partial charge on any atom is 0.0247 e. The van der Waals surface area contributed by atoms with Crippen LogP contribution in [-0.4, -0.2) is 18.6 Å². The molecular weight excluding hydrogens is 220 g/mol. The van der Waals surface area contributed by atoms with E-state index in [1.165, 1.54) is 16.3 Å². The van der Waals surface area contributed by atoms with Gasteiger partial charge in [0.1, 0.15) is 0 Å². The average Bonchev–Trinajstić information content (AvgIpc) is 2.39. The molecule has 2 aromatic rings. The van der Waals surface area contributed by atoms with Gasteiger partial charge < -0.3 is 11.1 Å². The zero-order valence-corrected chi connectivity index (χ0v) is 11.2. The van der Waals surface area contributed by atoms with E-state index in [2.05, 4.69) is 61.6 Å². The summed E-state index contributed by atoms with van der Waals surface area (Å²) in [7, 11) is 0. The summed E-state index contributed by atoms with van der Waals surface area (Å²) in [6.45, 7) is 5.88. The largest absolute Gasteiger partial charge is 0.329 e. The molecule has 0 saturated carbocycles. The molecule has 0 bridgehead atoms. The Labute approximate surface area is 109 Å². The van der Waals surface area contributed by atoms with Crippen molar-refractivity contribution in [2.24, 2.45) is 5.73 Å². The molecule has 0 aliphatic rings. The lowest BCUT2D eigenvalue weighted by atomic mass is 10.0. The molecule has 2 rings (SSSR count). The first kappa shape index (κ1) is 13.1. The van der Waals surface area contributed by atoms with Gasteiger partial charge in [0.25, 0.3) is 0 Å². The number of fused-ring (bicyclic) bond motifs is 1. The molecule has 0 radical (unpaired) electrons. The molecule has 18 heavy (non-hydrogen) atoms. The molecule has 0 amide bonds. The zero-order valence-electron chi connectivity index (χ0n) is 11.2. The van der Waals surface area contributed by atoms with Gasteiger partial charge in [-0.25, -0.2) is 0 Å². The number of rotatable bonds is 5. The fraction of sp³-hybridized carbons (Fsp3) is 0.375. The Bertz CT molecular complexity index is 512. The van der Waals surface area contributed by atoms with Gasteiger partial charge in [0.2, 0.25) is 0 Å². The van der Waals surface area contributed by atoms with E-state index in [0.717, 1.165) is 13.0 Å². The fourth-order valence-electron chi connectivity index (χ4n) is 2.12. The highest BCUT2D eigenvalue weighted by Crippen LogP contribution is 2.18. The third-order valence-electron chi connectivity index (χ3n) is 3.39. The predicted molar refractivity (Wildman–Crippen MR) is 78.8 cm³/mol. The van der Waals surface area contributed by atoms with E-state index < -0.39 is 0 Å². The first-order valence-corrected chi connectivity index (χ1v) is 6.54. The van der Waals surface area contributed by atoms with Gasteiger partial charge in [-0.3, -0.25) is 0 Å². The quantitative estimate of drug-likeness (QED) is 0.846. The first-order valence-electron chi connectivity index (χ1n) is 6.54. The Kier molecular flexibility index (Phi) is 4.00. The number of benzene rings is 2. The van der Waals surface area contributed by atoms with Crippen molar-refractivity contribution >= 4 is 10.8 Å². The summed E-state index contributed by atoms with van der Waals surface area (Å²) in [5.41, 5.74) is 7.13. The van der Waals surface area contributed by atoms with Gasteiger partial charge in [0.05, 0.1) is 0 Å². The zero-order chi connectivity index (χ0) is 13.0. The Morgan fingerprint density at radius 3 is 2.56 bits per heavy atom. The van der Waals surface area contributed by atoms with Crippen molar-refractivity contribution in [3.8, 4) is 0 Å². The van der Waals surface area contributed by atoms with Gasteiger partial charge in [-0.05, 0) is 43.1 Å². The number of hydrogen-bond donors (Lipinski definition) is 2. The normalized spacial score (nSPS) is 11.9. The molecule has 0 aromatic heterocycles. The summed E-state index contributed by atoms with van der Waals surface area (Å²) < 4.78 is 0. The predicted octanol–water partition coefficient (Wildman–Crippen LogP) is 2.71. The Morgan fingerprint density at radius 1 is 1.06 bits per heavy atom. The minimum Gasteiger partial charge on any atom is -0.329 e. The van der Waals surface area contributed by atoms with Gasteiger partial charge in [-0.1, -0.05) is 42.5 Å². The van der Waals surface area contributed by atoms with Gasteiger partial charge in [-0.15, -0.1) is 0 Å². The molecule has 2 nitrogen and oxygen atoms in total. The number of nitrogens with two attached hydrogens (primary N) is 1. The van der Waals surface area contributed by atoms with Crippen LogP contribution in [0.3, 0.4) is 0 Å².